The molecule has 0 saturated carbocycles. The van der Waals surface area contributed by atoms with Crippen LogP contribution in [0, 0.1) is 0 Å². The van der Waals surface area contributed by atoms with Crippen molar-refractivity contribution in [1.82, 2.24) is 10.2 Å². The molecule has 3 N–H and O–H groups in total. The molecular formula is C5H8FN3O. The molecule has 5 heteroatoms. The van der Waals surface area contributed by atoms with E-state index in [-0.39, 0.29) is 0 Å². The lowest BCUT2D eigenvalue weighted by Crippen LogP contribution is -2.50. The molecule has 4 nitrogen and oxygen atoms in total. The van der Waals surface area contributed by atoms with Gasteiger partial charge in [0, 0.05) is 13.2 Å². The van der Waals surface area contributed by atoms with Gasteiger partial charge in [0.25, 0.3) is 0 Å². The van der Waals surface area contributed by atoms with Crippen LogP contribution in [0.1, 0.15) is 0 Å². The molecule has 0 aromatic carbocycles. The first-order chi connectivity index (χ1) is 4.61. The highest BCUT2D eigenvalue weighted by molar-refractivity contribution is 5.76. The zero-order chi connectivity index (χ0) is 7.72. The minimum atomic E-state index is -0.983. The van der Waals surface area contributed by atoms with E-state index in [2.05, 4.69) is 5.32 Å². The highest BCUT2D eigenvalue weighted by Crippen LogP contribution is 2.06. The van der Waals surface area contributed by atoms with E-state index in [4.69, 9.17) is 5.73 Å². The average Bonchev–Trinajstić information content (AvgIpc) is 1.84. The van der Waals surface area contributed by atoms with Gasteiger partial charge in [-0.15, -0.1) is 0 Å². The Morgan fingerprint density at radius 1 is 1.90 bits per heavy atom. The first-order valence-corrected chi connectivity index (χ1v) is 2.77. The summed E-state index contributed by atoms with van der Waals surface area (Å²) in [5.41, 5.74) is 5.13. The van der Waals surface area contributed by atoms with Crippen LogP contribution in [0.4, 0.5) is 9.18 Å². The summed E-state index contributed by atoms with van der Waals surface area (Å²) >= 11 is 0. The fourth-order valence-corrected chi connectivity index (χ4v) is 0.628. The van der Waals surface area contributed by atoms with Gasteiger partial charge in [0.05, 0.1) is 0 Å². The summed E-state index contributed by atoms with van der Waals surface area (Å²) in [5.74, 6) is -0.540. The fraction of sp³-hybridized carbons (Fsp3) is 0.400. The molecule has 1 aliphatic heterocycles. The average molecular weight is 145 g/mol. The highest BCUT2D eigenvalue weighted by atomic mass is 19.1. The van der Waals surface area contributed by atoms with E-state index in [0.717, 1.165) is 11.1 Å². The first kappa shape index (κ1) is 7.01. The van der Waals surface area contributed by atoms with Crippen LogP contribution < -0.4 is 11.1 Å². The second kappa shape index (κ2) is 2.26. The van der Waals surface area contributed by atoms with E-state index in [1.807, 2.05) is 0 Å². The van der Waals surface area contributed by atoms with Crippen LogP contribution in [-0.2, 0) is 0 Å². The molecular weight excluding hydrogens is 137 g/mol. The fourth-order valence-electron chi connectivity index (χ4n) is 0.628. The van der Waals surface area contributed by atoms with Crippen LogP contribution in [0.2, 0.25) is 0 Å². The van der Waals surface area contributed by atoms with Crippen LogP contribution in [0.3, 0.4) is 0 Å². The van der Waals surface area contributed by atoms with Gasteiger partial charge < -0.3 is 16.0 Å². The molecule has 1 unspecified atom stereocenters. The lowest BCUT2D eigenvalue weighted by molar-refractivity contribution is 0.211. The van der Waals surface area contributed by atoms with Crippen LogP contribution in [0.5, 0.6) is 0 Å². The molecule has 1 atom stereocenters. The number of rotatable bonds is 0. The van der Waals surface area contributed by atoms with Gasteiger partial charge in [0.2, 0.25) is 0 Å². The predicted octanol–water partition coefficient (Wildman–Crippen LogP) is -0.263. The summed E-state index contributed by atoms with van der Waals surface area (Å²) < 4.78 is 12.5. The quantitative estimate of drug-likeness (QED) is 0.493. The van der Waals surface area contributed by atoms with Crippen molar-refractivity contribution in [2.75, 3.05) is 7.05 Å². The minimum absolute atomic E-state index is 0.395. The maximum Gasteiger partial charge on any atom is 0.322 e. The van der Waals surface area contributed by atoms with Gasteiger partial charge in [-0.2, -0.15) is 0 Å². The number of hydrogen-bond donors (Lipinski definition) is 2. The number of halogens is 1. The van der Waals surface area contributed by atoms with E-state index in [9.17, 15) is 9.18 Å². The minimum Gasteiger partial charge on any atom is -0.316 e. The van der Waals surface area contributed by atoms with E-state index in [0.29, 0.717) is 0 Å². The van der Waals surface area contributed by atoms with Crippen LogP contribution >= 0.6 is 0 Å². The van der Waals surface area contributed by atoms with Gasteiger partial charge >= 0.3 is 6.03 Å². The molecule has 0 aromatic heterocycles. The third-order valence-electron chi connectivity index (χ3n) is 1.21. The van der Waals surface area contributed by atoms with Crippen molar-refractivity contribution in [3.8, 4) is 0 Å². The van der Waals surface area contributed by atoms with E-state index >= 15 is 0 Å². The SMILES string of the molecule is CN1C=C(F)C(N)NC1=O. The molecule has 0 fully saturated rings. The van der Waals surface area contributed by atoms with Crippen molar-refractivity contribution in [2.45, 2.75) is 6.17 Å². The largest absolute Gasteiger partial charge is 0.322 e. The molecule has 0 aromatic rings. The van der Waals surface area contributed by atoms with Crippen molar-refractivity contribution in [3.05, 3.63) is 12.0 Å². The summed E-state index contributed by atoms with van der Waals surface area (Å²) in [6.45, 7) is 0. The second-order valence-electron chi connectivity index (χ2n) is 2.05. The highest BCUT2D eigenvalue weighted by Gasteiger charge is 2.20. The Morgan fingerprint density at radius 2 is 2.50 bits per heavy atom. The maximum atomic E-state index is 12.5. The van der Waals surface area contributed by atoms with Gasteiger partial charge in [0.1, 0.15) is 6.17 Å². The lowest BCUT2D eigenvalue weighted by Gasteiger charge is -2.23. The summed E-state index contributed by atoms with van der Waals surface area (Å²) in [7, 11) is 1.45. The predicted molar refractivity (Wildman–Crippen MR) is 33.5 cm³/mol. The molecule has 2 amide bonds. The van der Waals surface area contributed by atoms with Crippen LogP contribution in [0.25, 0.3) is 0 Å². The van der Waals surface area contributed by atoms with Crippen molar-refractivity contribution in [1.29, 1.82) is 0 Å². The van der Waals surface area contributed by atoms with Crippen molar-refractivity contribution >= 4 is 6.03 Å². The third-order valence-corrected chi connectivity index (χ3v) is 1.21. The molecule has 0 bridgehead atoms. The molecule has 10 heavy (non-hydrogen) atoms. The van der Waals surface area contributed by atoms with E-state index in [1.54, 1.807) is 0 Å². The number of carbonyl (C=O) groups excluding carboxylic acids is 1. The van der Waals surface area contributed by atoms with Gasteiger partial charge in [0.15, 0.2) is 5.83 Å². The lowest BCUT2D eigenvalue weighted by atomic mass is 10.4. The number of hydrogen-bond acceptors (Lipinski definition) is 2. The van der Waals surface area contributed by atoms with Gasteiger partial charge in [-0.1, -0.05) is 0 Å². The summed E-state index contributed by atoms with van der Waals surface area (Å²) in [6.07, 6.45) is 0.0763. The van der Waals surface area contributed by atoms with Crippen molar-refractivity contribution in [3.63, 3.8) is 0 Å². The molecule has 0 radical (unpaired) electrons. The van der Waals surface area contributed by atoms with Crippen LogP contribution in [-0.4, -0.2) is 24.1 Å². The normalized spacial score (nSPS) is 25.9. The Labute approximate surface area is 57.5 Å². The molecule has 0 aliphatic carbocycles. The molecule has 0 saturated heterocycles. The van der Waals surface area contributed by atoms with Gasteiger partial charge in [-0.05, 0) is 0 Å². The molecule has 1 heterocycles. The standard InChI is InChI=1S/C5H8FN3O/c1-9-2-3(6)4(7)8-5(9)10/h2,4H,7H2,1H3,(H,8,10). The number of nitrogens with two attached hydrogens (primary N) is 1. The zero-order valence-corrected chi connectivity index (χ0v) is 5.47. The molecule has 0 spiro atoms. The number of amides is 2. The van der Waals surface area contributed by atoms with E-state index in [1.165, 1.54) is 7.05 Å². The Morgan fingerprint density at radius 3 is 3.00 bits per heavy atom. The molecule has 1 aliphatic rings. The number of nitrogens with zero attached hydrogens (tertiary/aromatic N) is 1. The van der Waals surface area contributed by atoms with Gasteiger partial charge in [-0.3, -0.25) is 0 Å². The monoisotopic (exact) mass is 145 g/mol. The van der Waals surface area contributed by atoms with Gasteiger partial charge in [-0.25, -0.2) is 9.18 Å². The zero-order valence-electron chi connectivity index (χ0n) is 5.47. The summed E-state index contributed by atoms with van der Waals surface area (Å²) in [6, 6.07) is -0.395. The third kappa shape index (κ3) is 1.08. The smallest absolute Gasteiger partial charge is 0.316 e. The summed E-state index contributed by atoms with van der Waals surface area (Å²) in [5, 5.41) is 2.20. The number of carbonyl (C=O) groups is 1. The number of nitrogens with one attached hydrogen (secondary N) is 1. The molecule has 56 valence electrons. The van der Waals surface area contributed by atoms with E-state index < -0.39 is 18.0 Å². The van der Waals surface area contributed by atoms with Crippen molar-refractivity contribution in [2.24, 2.45) is 5.73 Å². The van der Waals surface area contributed by atoms with Crippen molar-refractivity contribution < 1.29 is 9.18 Å². The topological polar surface area (TPSA) is 58.4 Å². The Bertz CT molecular complexity index is 191. The maximum absolute atomic E-state index is 12.5. The Hall–Kier alpha value is -1.10. The van der Waals surface area contributed by atoms with Crippen LogP contribution in [0.15, 0.2) is 12.0 Å². The summed E-state index contributed by atoms with van der Waals surface area (Å²) in [4.78, 5) is 11.8. The molecule has 1 rings (SSSR count). The first-order valence-electron chi connectivity index (χ1n) is 2.77. The Balaban J connectivity index is 2.79. The second-order valence-corrected chi connectivity index (χ2v) is 2.05. The Kier molecular flexibility index (Phi) is 1.58. The number of urea groups is 1.